The minimum Gasteiger partial charge on any atom is -0.356 e. The Morgan fingerprint density at radius 1 is 1.15 bits per heavy atom. The molecular weight excluding hydrogens is 162 g/mol. The van der Waals surface area contributed by atoms with Gasteiger partial charge in [0, 0.05) is 13.0 Å². The van der Waals surface area contributed by atoms with E-state index in [1.165, 1.54) is 0 Å². The van der Waals surface area contributed by atoms with Crippen molar-refractivity contribution in [2.45, 2.75) is 54.4 Å². The molecule has 0 aromatic heterocycles. The Balaban J connectivity index is 0. The molecule has 13 heavy (non-hydrogen) atoms. The van der Waals surface area contributed by atoms with Crippen molar-refractivity contribution in [2.75, 3.05) is 6.54 Å². The summed E-state index contributed by atoms with van der Waals surface area (Å²) in [5.74, 6) is 0.200. The average molecular weight is 187 g/mol. The third-order valence-electron chi connectivity index (χ3n) is 1.76. The van der Waals surface area contributed by atoms with E-state index >= 15 is 0 Å². The number of hydrogen-bond donors (Lipinski definition) is 1. The normalized spacial score (nSPS) is 18.5. The van der Waals surface area contributed by atoms with E-state index in [0.29, 0.717) is 6.42 Å². The van der Waals surface area contributed by atoms with E-state index in [-0.39, 0.29) is 11.3 Å². The zero-order valence-electron chi connectivity index (χ0n) is 10.0. The summed E-state index contributed by atoms with van der Waals surface area (Å²) < 4.78 is 0. The van der Waals surface area contributed by atoms with E-state index in [1.54, 1.807) is 0 Å². The maximum atomic E-state index is 10.8. The smallest absolute Gasteiger partial charge is 0.220 e. The van der Waals surface area contributed by atoms with Gasteiger partial charge in [0.1, 0.15) is 0 Å². The third kappa shape index (κ3) is 7.82. The molecule has 1 amide bonds. The number of hydrogen-bond acceptors (Lipinski definition) is 1. The second kappa shape index (κ2) is 8.09. The Labute approximate surface area is 83.1 Å². The molecule has 0 saturated carbocycles. The van der Waals surface area contributed by atoms with Crippen LogP contribution in [0.5, 0.6) is 0 Å². The first-order valence-corrected chi connectivity index (χ1v) is 5.37. The topological polar surface area (TPSA) is 29.1 Å². The zero-order valence-corrected chi connectivity index (χ0v) is 10.0. The van der Waals surface area contributed by atoms with Crippen molar-refractivity contribution in [1.82, 2.24) is 5.32 Å². The summed E-state index contributed by atoms with van der Waals surface area (Å²) in [6.45, 7) is 13.1. The van der Waals surface area contributed by atoms with Gasteiger partial charge in [0.25, 0.3) is 0 Å². The van der Waals surface area contributed by atoms with Crippen LogP contribution in [-0.2, 0) is 4.79 Å². The highest BCUT2D eigenvalue weighted by Gasteiger charge is 2.25. The van der Waals surface area contributed by atoms with Gasteiger partial charge in [-0.25, -0.2) is 0 Å². The molecule has 80 valence electrons. The summed E-state index contributed by atoms with van der Waals surface area (Å²) in [7, 11) is 0. The van der Waals surface area contributed by atoms with Crippen LogP contribution in [0.15, 0.2) is 0 Å². The molecule has 1 aliphatic heterocycles. The fourth-order valence-electron chi connectivity index (χ4n) is 1.13. The highest BCUT2D eigenvalue weighted by molar-refractivity contribution is 5.77. The van der Waals surface area contributed by atoms with E-state index in [2.05, 4.69) is 19.2 Å². The first-order chi connectivity index (χ1) is 6.10. The van der Waals surface area contributed by atoms with Gasteiger partial charge in [-0.1, -0.05) is 41.5 Å². The number of carbonyl (C=O) groups is 1. The Bertz CT molecular complexity index is 130. The van der Waals surface area contributed by atoms with Gasteiger partial charge in [-0.2, -0.15) is 0 Å². The van der Waals surface area contributed by atoms with Gasteiger partial charge >= 0.3 is 0 Å². The van der Waals surface area contributed by atoms with Crippen molar-refractivity contribution >= 4 is 5.91 Å². The van der Waals surface area contributed by atoms with E-state index in [4.69, 9.17) is 0 Å². The fraction of sp³-hybridized carbons (Fsp3) is 0.909. The largest absolute Gasteiger partial charge is 0.356 e. The molecule has 0 atom stereocenters. The Kier molecular flexibility index (Phi) is 9.31. The van der Waals surface area contributed by atoms with Crippen LogP contribution in [0.1, 0.15) is 54.4 Å². The van der Waals surface area contributed by atoms with Crippen LogP contribution < -0.4 is 5.32 Å². The molecule has 0 aromatic carbocycles. The molecule has 0 radical (unpaired) electrons. The lowest BCUT2D eigenvalue weighted by Crippen LogP contribution is -2.37. The first-order valence-electron chi connectivity index (χ1n) is 5.37. The molecule has 0 aliphatic carbocycles. The monoisotopic (exact) mass is 187 g/mol. The van der Waals surface area contributed by atoms with Crippen LogP contribution in [-0.4, -0.2) is 12.5 Å². The molecule has 1 fully saturated rings. The van der Waals surface area contributed by atoms with Crippen molar-refractivity contribution in [2.24, 2.45) is 5.41 Å². The van der Waals surface area contributed by atoms with Gasteiger partial charge in [-0.05, 0) is 11.8 Å². The maximum absolute atomic E-state index is 10.8. The Morgan fingerprint density at radius 2 is 1.62 bits per heavy atom. The van der Waals surface area contributed by atoms with Gasteiger partial charge in [0.15, 0.2) is 0 Å². The molecule has 0 spiro atoms. The lowest BCUT2D eigenvalue weighted by atomic mass is 9.83. The first kappa shape index (κ1) is 15.0. The molecule has 1 rings (SSSR count). The van der Waals surface area contributed by atoms with Gasteiger partial charge in [0.2, 0.25) is 5.91 Å². The molecule has 2 nitrogen and oxygen atoms in total. The summed E-state index contributed by atoms with van der Waals surface area (Å²) in [5, 5.41) is 2.80. The number of carbonyl (C=O) groups excluding carboxylic acids is 1. The van der Waals surface area contributed by atoms with E-state index in [1.807, 2.05) is 27.7 Å². The van der Waals surface area contributed by atoms with Crippen LogP contribution >= 0.6 is 0 Å². The third-order valence-corrected chi connectivity index (χ3v) is 1.76. The molecule has 1 saturated heterocycles. The second-order valence-electron chi connectivity index (χ2n) is 3.44. The standard InChI is InChI=1S/C7H13NO.2C2H6/c1-7(2)3-4-8-6(9)5-7;2*1-2/h3-5H2,1-2H3,(H,8,9);2*1-2H3. The molecule has 2 heteroatoms. The summed E-state index contributed by atoms with van der Waals surface area (Å²) >= 11 is 0. The number of amides is 1. The second-order valence-corrected chi connectivity index (χ2v) is 3.44. The van der Waals surface area contributed by atoms with E-state index < -0.39 is 0 Å². The van der Waals surface area contributed by atoms with Gasteiger partial charge in [-0.15, -0.1) is 0 Å². The summed E-state index contributed by atoms with van der Waals surface area (Å²) in [5.41, 5.74) is 0.238. The van der Waals surface area contributed by atoms with Crippen molar-refractivity contribution in [1.29, 1.82) is 0 Å². The fourth-order valence-corrected chi connectivity index (χ4v) is 1.13. The van der Waals surface area contributed by atoms with E-state index in [9.17, 15) is 4.79 Å². The highest BCUT2D eigenvalue weighted by Crippen LogP contribution is 2.26. The lowest BCUT2D eigenvalue weighted by Gasteiger charge is -2.28. The van der Waals surface area contributed by atoms with E-state index in [0.717, 1.165) is 13.0 Å². The molecular formula is C11H25NO. The predicted octanol–water partition coefficient (Wildman–Crippen LogP) is 2.98. The summed E-state index contributed by atoms with van der Waals surface area (Å²) in [6, 6.07) is 0. The van der Waals surface area contributed by atoms with Crippen LogP contribution in [0.4, 0.5) is 0 Å². The SMILES string of the molecule is CC.CC.CC1(C)CCNC(=O)C1. The number of rotatable bonds is 0. The summed E-state index contributed by atoms with van der Waals surface area (Å²) in [6.07, 6.45) is 1.80. The quantitative estimate of drug-likeness (QED) is 0.620. The molecule has 1 heterocycles. The predicted molar refractivity (Wildman–Crippen MR) is 58.7 cm³/mol. The van der Waals surface area contributed by atoms with Crippen LogP contribution in [0.25, 0.3) is 0 Å². The molecule has 0 aromatic rings. The maximum Gasteiger partial charge on any atom is 0.220 e. The molecule has 0 bridgehead atoms. The van der Waals surface area contributed by atoms with Crippen molar-refractivity contribution in [3.05, 3.63) is 0 Å². The van der Waals surface area contributed by atoms with Gasteiger partial charge in [0.05, 0.1) is 0 Å². The minimum absolute atomic E-state index is 0.200. The molecule has 0 unspecified atom stereocenters. The minimum atomic E-state index is 0.200. The Hall–Kier alpha value is -0.530. The molecule has 1 N–H and O–H groups in total. The van der Waals surface area contributed by atoms with Gasteiger partial charge in [-0.3, -0.25) is 4.79 Å². The Morgan fingerprint density at radius 3 is 1.85 bits per heavy atom. The van der Waals surface area contributed by atoms with Crippen molar-refractivity contribution < 1.29 is 4.79 Å². The number of nitrogens with one attached hydrogen (secondary N) is 1. The zero-order chi connectivity index (χ0) is 10.9. The highest BCUT2D eigenvalue weighted by atomic mass is 16.1. The number of piperidine rings is 1. The lowest BCUT2D eigenvalue weighted by molar-refractivity contribution is -0.124. The average Bonchev–Trinajstić information content (AvgIpc) is 2.09. The van der Waals surface area contributed by atoms with Crippen molar-refractivity contribution in [3.63, 3.8) is 0 Å². The van der Waals surface area contributed by atoms with Gasteiger partial charge < -0.3 is 5.32 Å². The summed E-state index contributed by atoms with van der Waals surface area (Å²) in [4.78, 5) is 10.8. The van der Waals surface area contributed by atoms with Crippen LogP contribution in [0, 0.1) is 5.41 Å². The van der Waals surface area contributed by atoms with Crippen molar-refractivity contribution in [3.8, 4) is 0 Å². The molecule has 1 aliphatic rings. The van der Waals surface area contributed by atoms with Crippen LogP contribution in [0.2, 0.25) is 0 Å². The van der Waals surface area contributed by atoms with Crippen LogP contribution in [0.3, 0.4) is 0 Å².